The summed E-state index contributed by atoms with van der Waals surface area (Å²) in [5.74, 6) is -4.29. The van der Waals surface area contributed by atoms with Crippen LogP contribution in [0.15, 0.2) is 6.20 Å². The fraction of sp³-hybridized carbons (Fsp3) is 0.562. The van der Waals surface area contributed by atoms with E-state index in [0.29, 0.717) is 25.0 Å². The van der Waals surface area contributed by atoms with Crippen LogP contribution in [0.5, 0.6) is 0 Å². The van der Waals surface area contributed by atoms with Crippen LogP contribution in [0.2, 0.25) is 5.02 Å². The minimum absolute atomic E-state index is 0.0451. The molecule has 0 aromatic carbocycles. The number of hydrogen-bond acceptors (Lipinski definition) is 6. The van der Waals surface area contributed by atoms with Crippen molar-refractivity contribution in [3.63, 3.8) is 0 Å². The van der Waals surface area contributed by atoms with E-state index in [1.807, 2.05) is 0 Å². The predicted molar refractivity (Wildman–Crippen MR) is 92.3 cm³/mol. The van der Waals surface area contributed by atoms with Crippen LogP contribution in [0.1, 0.15) is 37.9 Å². The number of halogens is 4. The van der Waals surface area contributed by atoms with Crippen molar-refractivity contribution in [2.24, 2.45) is 0 Å². The Balaban J connectivity index is 0.000000313. The van der Waals surface area contributed by atoms with E-state index < -0.39 is 22.8 Å². The fourth-order valence-corrected chi connectivity index (χ4v) is 2.68. The summed E-state index contributed by atoms with van der Waals surface area (Å²) in [5, 5.41) is 21.1. The minimum atomic E-state index is -3.99. The van der Waals surface area contributed by atoms with Crippen LogP contribution >= 0.6 is 11.6 Å². The van der Waals surface area contributed by atoms with Crippen molar-refractivity contribution in [2.45, 2.75) is 44.4 Å². The Morgan fingerprint density at radius 3 is 2.56 bits per heavy atom. The van der Waals surface area contributed by atoms with E-state index in [1.165, 1.54) is 0 Å². The number of aromatic nitrogens is 3. The topological polar surface area (TPSA) is 109 Å². The number of nitrogens with two attached hydrogens (primary N) is 1. The van der Waals surface area contributed by atoms with E-state index in [1.54, 1.807) is 6.07 Å². The molecular formula is C16H19ClF3N5O2. The average Bonchev–Trinajstić information content (AvgIpc) is 2.87. The lowest BCUT2D eigenvalue weighted by atomic mass is 9.97. The summed E-state index contributed by atoms with van der Waals surface area (Å²) in [5.41, 5.74) is 0.876. The van der Waals surface area contributed by atoms with E-state index in [4.69, 9.17) is 32.4 Å². The van der Waals surface area contributed by atoms with Gasteiger partial charge < -0.3 is 15.6 Å². The first kappa shape index (κ1) is 21.2. The molecule has 11 heteroatoms. The second-order valence-corrected chi connectivity index (χ2v) is 6.86. The quantitative estimate of drug-likeness (QED) is 0.795. The molecule has 3 rings (SSSR count). The van der Waals surface area contributed by atoms with Crippen molar-refractivity contribution in [2.75, 3.05) is 18.9 Å². The van der Waals surface area contributed by atoms with Crippen molar-refractivity contribution < 1.29 is 23.0 Å². The molecule has 3 N–H and O–H groups in total. The smallest absolute Gasteiger partial charge is 0.323 e. The van der Waals surface area contributed by atoms with Gasteiger partial charge >= 0.3 is 5.92 Å². The number of alkyl halides is 3. The summed E-state index contributed by atoms with van der Waals surface area (Å²) in [6.07, 6.45) is 2.84. The standard InChI is InChI=1S/C11H9ClF3N5.C5H10O2/c1-10(2,13)11(14,15)8-5(3-16)7(12)6-4-18-9(17)19-20(6)8;6-5-2-1-3-7-4-5/h4H,1-2H3,(H2,17,19);5-6H,1-4H2. The van der Waals surface area contributed by atoms with Crippen molar-refractivity contribution in [3.05, 3.63) is 22.5 Å². The van der Waals surface area contributed by atoms with Crippen molar-refractivity contribution in [1.82, 2.24) is 14.6 Å². The number of aliphatic hydroxyl groups is 1. The number of nitrogens with zero attached hydrogens (tertiary/aromatic N) is 4. The molecule has 1 aliphatic heterocycles. The summed E-state index contributed by atoms with van der Waals surface area (Å²) in [6, 6.07) is 1.54. The number of rotatable bonds is 2. The van der Waals surface area contributed by atoms with Crippen molar-refractivity contribution >= 4 is 23.1 Å². The maximum absolute atomic E-state index is 14.3. The molecule has 1 unspecified atom stereocenters. The van der Waals surface area contributed by atoms with E-state index in [0.717, 1.165) is 25.6 Å². The van der Waals surface area contributed by atoms with Gasteiger partial charge in [0.05, 0.1) is 23.9 Å². The molecule has 0 bridgehead atoms. The second kappa shape index (κ2) is 7.88. The maximum Gasteiger partial charge on any atom is 0.323 e. The molecule has 0 saturated carbocycles. The fourth-order valence-electron chi connectivity index (χ4n) is 2.42. The van der Waals surface area contributed by atoms with Gasteiger partial charge in [-0.2, -0.15) is 14.0 Å². The number of nitriles is 1. The van der Waals surface area contributed by atoms with E-state index in [-0.39, 0.29) is 22.6 Å². The second-order valence-electron chi connectivity index (χ2n) is 6.48. The van der Waals surface area contributed by atoms with Crippen LogP contribution in [0.25, 0.3) is 5.52 Å². The third kappa shape index (κ3) is 4.26. The maximum atomic E-state index is 14.3. The predicted octanol–water partition coefficient (Wildman–Crippen LogP) is 2.83. The molecule has 3 heterocycles. The molecule has 0 aliphatic carbocycles. The highest BCUT2D eigenvalue weighted by Gasteiger charge is 2.53. The molecule has 0 spiro atoms. The summed E-state index contributed by atoms with van der Waals surface area (Å²) < 4.78 is 48.0. The monoisotopic (exact) mass is 405 g/mol. The number of nitrogen functional groups attached to an aromatic ring is 1. The number of aliphatic hydroxyl groups excluding tert-OH is 1. The molecule has 1 aliphatic rings. The Morgan fingerprint density at radius 2 is 2.11 bits per heavy atom. The molecular weight excluding hydrogens is 387 g/mol. The third-order valence-corrected chi connectivity index (χ3v) is 4.32. The Morgan fingerprint density at radius 1 is 1.44 bits per heavy atom. The molecule has 7 nitrogen and oxygen atoms in total. The van der Waals surface area contributed by atoms with Crippen molar-refractivity contribution in [1.29, 1.82) is 5.26 Å². The number of anilines is 1. The lowest BCUT2D eigenvalue weighted by Crippen LogP contribution is -2.38. The molecule has 0 radical (unpaired) electrons. The molecule has 1 saturated heterocycles. The van der Waals surface area contributed by atoms with Crippen LogP contribution in [0.3, 0.4) is 0 Å². The molecule has 1 atom stereocenters. The molecule has 2 aromatic rings. The SMILES string of the molecule is CC(C)(F)C(F)(F)c1c(C#N)c(Cl)c2cnc(N)nn12.OC1CCCOC1. The summed E-state index contributed by atoms with van der Waals surface area (Å²) in [7, 11) is 0. The summed E-state index contributed by atoms with van der Waals surface area (Å²) >= 11 is 5.85. The Bertz CT molecular complexity index is 854. The largest absolute Gasteiger partial charge is 0.391 e. The zero-order chi connectivity index (χ0) is 20.4. The first-order chi connectivity index (χ1) is 12.5. The number of hydrogen-bond donors (Lipinski definition) is 2. The van der Waals surface area contributed by atoms with Crippen LogP contribution in [0.4, 0.5) is 19.1 Å². The average molecular weight is 406 g/mol. The highest BCUT2D eigenvalue weighted by Crippen LogP contribution is 2.45. The molecule has 2 aromatic heterocycles. The van der Waals surface area contributed by atoms with Gasteiger partial charge in [0, 0.05) is 6.61 Å². The lowest BCUT2D eigenvalue weighted by molar-refractivity contribution is -0.131. The van der Waals surface area contributed by atoms with Gasteiger partial charge in [-0.15, -0.1) is 5.10 Å². The molecule has 148 valence electrons. The van der Waals surface area contributed by atoms with Gasteiger partial charge in [-0.1, -0.05) is 11.6 Å². The van der Waals surface area contributed by atoms with Gasteiger partial charge in [-0.05, 0) is 26.7 Å². The summed E-state index contributed by atoms with van der Waals surface area (Å²) in [4.78, 5) is 3.61. The normalized spacial score (nSPS) is 17.9. The zero-order valence-corrected chi connectivity index (χ0v) is 15.5. The van der Waals surface area contributed by atoms with Gasteiger partial charge in [0.1, 0.15) is 22.8 Å². The minimum Gasteiger partial charge on any atom is -0.391 e. The summed E-state index contributed by atoms with van der Waals surface area (Å²) in [6.45, 7) is 2.77. The highest BCUT2D eigenvalue weighted by atomic mass is 35.5. The van der Waals surface area contributed by atoms with Crippen LogP contribution in [-0.4, -0.2) is 44.7 Å². The van der Waals surface area contributed by atoms with E-state index in [2.05, 4.69) is 10.1 Å². The van der Waals surface area contributed by atoms with Gasteiger partial charge in [0.25, 0.3) is 0 Å². The first-order valence-electron chi connectivity index (χ1n) is 8.06. The number of fused-ring (bicyclic) bond motifs is 1. The Hall–Kier alpha value is -2.09. The third-order valence-electron chi connectivity index (χ3n) is 3.93. The lowest BCUT2D eigenvalue weighted by Gasteiger charge is -2.26. The van der Waals surface area contributed by atoms with Crippen LogP contribution in [0, 0.1) is 11.3 Å². The molecule has 1 fully saturated rings. The van der Waals surface area contributed by atoms with Gasteiger partial charge in [0.15, 0.2) is 5.67 Å². The van der Waals surface area contributed by atoms with Gasteiger partial charge in [0.2, 0.25) is 5.95 Å². The Kier molecular flexibility index (Phi) is 6.19. The highest BCUT2D eigenvalue weighted by molar-refractivity contribution is 6.35. The van der Waals surface area contributed by atoms with E-state index in [9.17, 15) is 13.2 Å². The molecule has 0 amide bonds. The van der Waals surface area contributed by atoms with Gasteiger partial charge in [-0.25, -0.2) is 13.9 Å². The van der Waals surface area contributed by atoms with E-state index >= 15 is 0 Å². The Labute approximate surface area is 158 Å². The number of ether oxygens (including phenoxy) is 1. The van der Waals surface area contributed by atoms with Crippen molar-refractivity contribution in [3.8, 4) is 6.07 Å². The zero-order valence-electron chi connectivity index (χ0n) is 14.7. The van der Waals surface area contributed by atoms with Gasteiger partial charge in [-0.3, -0.25) is 0 Å². The van der Waals surface area contributed by atoms with Crippen LogP contribution < -0.4 is 5.73 Å². The van der Waals surface area contributed by atoms with Crippen LogP contribution in [-0.2, 0) is 10.7 Å². The molecule has 27 heavy (non-hydrogen) atoms. The first-order valence-corrected chi connectivity index (χ1v) is 8.44.